The van der Waals surface area contributed by atoms with Crippen LogP contribution in [0.25, 0.3) is 5.57 Å². The zero-order chi connectivity index (χ0) is 17.6. The summed E-state index contributed by atoms with van der Waals surface area (Å²) in [5.41, 5.74) is -5.13. The minimum Gasteiger partial charge on any atom is -0.398 e. The number of allylic oxidation sites excluding steroid dienone is 1. The second-order valence-corrected chi connectivity index (χ2v) is 6.39. The summed E-state index contributed by atoms with van der Waals surface area (Å²) >= 11 is 0. The summed E-state index contributed by atoms with van der Waals surface area (Å²) in [6.45, 7) is 8.66. The quantitative estimate of drug-likeness (QED) is 0.624. The van der Waals surface area contributed by atoms with Gasteiger partial charge in [0.15, 0.2) is 0 Å². The van der Waals surface area contributed by atoms with E-state index in [1.165, 1.54) is 4.68 Å². The molecular formula is C14H19BF4N2O2. The largest absolute Gasteiger partial charge is 0.525 e. The summed E-state index contributed by atoms with van der Waals surface area (Å²) in [4.78, 5) is 0. The molecule has 0 unspecified atom stereocenters. The molecule has 1 fully saturated rings. The summed E-state index contributed by atoms with van der Waals surface area (Å²) in [6.07, 6.45) is -2.76. The zero-order valence-corrected chi connectivity index (χ0v) is 13.7. The monoisotopic (exact) mass is 334 g/mol. The third-order valence-electron chi connectivity index (χ3n) is 4.23. The molecule has 0 bridgehead atoms. The van der Waals surface area contributed by atoms with E-state index in [-0.39, 0.29) is 5.56 Å². The molecule has 1 aromatic rings. The van der Waals surface area contributed by atoms with Crippen molar-refractivity contribution < 1.29 is 26.9 Å². The van der Waals surface area contributed by atoms with Crippen LogP contribution in [-0.4, -0.2) is 34.3 Å². The van der Waals surface area contributed by atoms with Crippen molar-refractivity contribution in [1.82, 2.24) is 9.78 Å². The van der Waals surface area contributed by atoms with E-state index < -0.39 is 35.8 Å². The highest BCUT2D eigenvalue weighted by Gasteiger charge is 2.55. The molecule has 2 heterocycles. The lowest BCUT2D eigenvalue weighted by Crippen LogP contribution is -2.41. The van der Waals surface area contributed by atoms with E-state index in [1.807, 2.05) is 0 Å². The number of halogens is 4. The van der Waals surface area contributed by atoms with E-state index in [9.17, 15) is 17.6 Å². The van der Waals surface area contributed by atoms with Crippen molar-refractivity contribution in [1.29, 1.82) is 0 Å². The Hall–Kier alpha value is -1.35. The molecule has 0 aromatic carbocycles. The number of rotatable bonds is 3. The zero-order valence-electron chi connectivity index (χ0n) is 13.7. The van der Waals surface area contributed by atoms with Gasteiger partial charge in [0.05, 0.1) is 23.0 Å². The Morgan fingerprint density at radius 2 is 1.74 bits per heavy atom. The van der Waals surface area contributed by atoms with Crippen molar-refractivity contribution in [2.45, 2.75) is 58.5 Å². The van der Waals surface area contributed by atoms with Crippen LogP contribution in [0.2, 0.25) is 0 Å². The molecule has 23 heavy (non-hydrogen) atoms. The van der Waals surface area contributed by atoms with Gasteiger partial charge < -0.3 is 9.31 Å². The lowest BCUT2D eigenvalue weighted by atomic mass is 9.83. The second kappa shape index (κ2) is 5.63. The maximum Gasteiger partial charge on any atom is 0.525 e. The molecule has 0 saturated carbocycles. The molecule has 0 aliphatic carbocycles. The average Bonchev–Trinajstić information content (AvgIpc) is 2.91. The van der Waals surface area contributed by atoms with Gasteiger partial charge in [0.2, 0.25) is 0 Å². The van der Waals surface area contributed by atoms with Gasteiger partial charge in [0.1, 0.15) is 5.73 Å². The molecule has 1 saturated heterocycles. The number of hydrogen-bond donors (Lipinski definition) is 0. The Bertz CT molecular complexity index is 607. The molecule has 2 rings (SSSR count). The Morgan fingerprint density at radius 3 is 2.13 bits per heavy atom. The Labute approximate surface area is 132 Å². The van der Waals surface area contributed by atoms with Gasteiger partial charge in [-0.3, -0.25) is 4.68 Å². The van der Waals surface area contributed by atoms with Gasteiger partial charge in [0.25, 0.3) is 0 Å². The third-order valence-corrected chi connectivity index (χ3v) is 4.23. The number of nitrogens with zero attached hydrogens (tertiary/aromatic N) is 2. The van der Waals surface area contributed by atoms with E-state index in [0.717, 1.165) is 12.4 Å². The van der Waals surface area contributed by atoms with Crippen molar-refractivity contribution in [2.24, 2.45) is 0 Å². The molecule has 0 radical (unpaired) electrons. The van der Waals surface area contributed by atoms with E-state index >= 15 is 0 Å². The smallest absolute Gasteiger partial charge is 0.398 e. The molecule has 4 nitrogen and oxygen atoms in total. The van der Waals surface area contributed by atoms with Gasteiger partial charge in [-0.1, -0.05) is 0 Å². The van der Waals surface area contributed by atoms with Crippen LogP contribution < -0.4 is 0 Å². The standard InChI is InChI=1S/C14H19BF4N2O2/c1-6-21-8-9(7-20-21)10(14(17,18)19)11(16)15-22-12(2,3)13(4,5)23-15/h7-8H,6H2,1-5H3. The molecule has 9 heteroatoms. The molecule has 128 valence electrons. The third kappa shape index (κ3) is 3.30. The molecule has 1 aliphatic rings. The van der Waals surface area contributed by atoms with Gasteiger partial charge in [-0.2, -0.15) is 18.3 Å². The summed E-state index contributed by atoms with van der Waals surface area (Å²) in [5.74, 6) is 0. The summed E-state index contributed by atoms with van der Waals surface area (Å²) < 4.78 is 66.8. The summed E-state index contributed by atoms with van der Waals surface area (Å²) in [6, 6.07) is 0. The highest BCUT2D eigenvalue weighted by Crippen LogP contribution is 2.43. The molecule has 0 amide bonds. The first-order valence-corrected chi connectivity index (χ1v) is 7.24. The first-order chi connectivity index (χ1) is 10.4. The first-order valence-electron chi connectivity index (χ1n) is 7.24. The average molecular weight is 334 g/mol. The lowest BCUT2D eigenvalue weighted by molar-refractivity contribution is -0.0699. The van der Waals surface area contributed by atoms with Crippen LogP contribution in [0.15, 0.2) is 18.1 Å². The van der Waals surface area contributed by atoms with Gasteiger partial charge in [-0.25, -0.2) is 4.39 Å². The summed E-state index contributed by atoms with van der Waals surface area (Å²) in [5, 5.41) is 3.77. The lowest BCUT2D eigenvalue weighted by Gasteiger charge is -2.32. The van der Waals surface area contributed by atoms with Crippen molar-refractivity contribution in [2.75, 3.05) is 0 Å². The van der Waals surface area contributed by atoms with Crippen LogP contribution in [0.4, 0.5) is 17.6 Å². The fraction of sp³-hybridized carbons (Fsp3) is 0.643. The molecule has 1 aliphatic heterocycles. The van der Waals surface area contributed by atoms with Gasteiger partial charge in [0, 0.05) is 18.3 Å². The van der Waals surface area contributed by atoms with E-state index in [2.05, 4.69) is 5.10 Å². The van der Waals surface area contributed by atoms with Gasteiger partial charge >= 0.3 is 13.3 Å². The second-order valence-electron chi connectivity index (χ2n) is 6.39. The minimum atomic E-state index is -4.89. The maximum absolute atomic E-state index is 14.6. The SMILES string of the molecule is CCn1cc(C(=C(F)B2OC(C)(C)C(C)(C)O2)C(F)(F)F)cn1. The van der Waals surface area contributed by atoms with Crippen molar-refractivity contribution in [3.05, 3.63) is 23.7 Å². The number of hydrogen-bond acceptors (Lipinski definition) is 3. The van der Waals surface area contributed by atoms with Crippen LogP contribution in [0.5, 0.6) is 0 Å². The van der Waals surface area contributed by atoms with Crippen molar-refractivity contribution in [3.8, 4) is 0 Å². The fourth-order valence-electron chi connectivity index (χ4n) is 2.17. The van der Waals surface area contributed by atoms with Gasteiger partial charge in [-0.05, 0) is 34.6 Å². The predicted octanol–water partition coefficient (Wildman–Crippen LogP) is 3.78. The number of aromatic nitrogens is 2. The van der Waals surface area contributed by atoms with Crippen LogP contribution in [-0.2, 0) is 15.9 Å². The normalized spacial score (nSPS) is 21.5. The Balaban J connectivity index is 2.48. The van der Waals surface area contributed by atoms with Crippen LogP contribution >= 0.6 is 0 Å². The Morgan fingerprint density at radius 1 is 1.22 bits per heavy atom. The Kier molecular flexibility index (Phi) is 4.40. The van der Waals surface area contributed by atoms with Crippen LogP contribution in [0.3, 0.4) is 0 Å². The first kappa shape index (κ1) is 18.0. The number of alkyl halides is 3. The molecule has 1 aromatic heterocycles. The molecule has 0 N–H and O–H groups in total. The van der Waals surface area contributed by atoms with Crippen LogP contribution in [0.1, 0.15) is 40.2 Å². The highest BCUT2D eigenvalue weighted by atomic mass is 19.4. The van der Waals surface area contributed by atoms with Crippen LogP contribution in [0, 0.1) is 0 Å². The fourth-order valence-corrected chi connectivity index (χ4v) is 2.17. The predicted molar refractivity (Wildman–Crippen MR) is 78.1 cm³/mol. The molecule has 0 spiro atoms. The van der Waals surface area contributed by atoms with Crippen molar-refractivity contribution in [3.63, 3.8) is 0 Å². The van der Waals surface area contributed by atoms with Gasteiger partial charge in [-0.15, -0.1) is 0 Å². The highest BCUT2D eigenvalue weighted by molar-refractivity contribution is 6.55. The van der Waals surface area contributed by atoms with E-state index in [4.69, 9.17) is 9.31 Å². The van der Waals surface area contributed by atoms with Crippen molar-refractivity contribution >= 4 is 12.7 Å². The van der Waals surface area contributed by atoms with E-state index in [1.54, 1.807) is 34.6 Å². The maximum atomic E-state index is 14.6. The molecule has 0 atom stereocenters. The minimum absolute atomic E-state index is 0.355. The molecular weight excluding hydrogens is 315 g/mol. The van der Waals surface area contributed by atoms with E-state index in [0.29, 0.717) is 6.54 Å². The number of aryl methyl sites for hydroxylation is 1. The topological polar surface area (TPSA) is 36.3 Å². The summed E-state index contributed by atoms with van der Waals surface area (Å²) in [7, 11) is -1.71.